The Labute approximate surface area is 252 Å². The second-order valence-corrected chi connectivity index (χ2v) is 12.3. The second-order valence-electron chi connectivity index (χ2n) is 12.3. The van der Waals surface area contributed by atoms with Crippen molar-refractivity contribution in [3.63, 3.8) is 0 Å². The quantitative estimate of drug-likeness (QED) is 0.142. The third kappa shape index (κ3) is 7.87. The lowest BCUT2D eigenvalue weighted by Gasteiger charge is -2.32. The Morgan fingerprint density at radius 1 is 0.953 bits per heavy atom. The highest BCUT2D eigenvalue weighted by Crippen LogP contribution is 2.27. The van der Waals surface area contributed by atoms with Crippen LogP contribution in [0.5, 0.6) is 11.5 Å². The van der Waals surface area contributed by atoms with Gasteiger partial charge >= 0.3 is 0 Å². The maximum absolute atomic E-state index is 13.1. The summed E-state index contributed by atoms with van der Waals surface area (Å²) in [4.78, 5) is 27.9. The predicted octanol–water partition coefficient (Wildman–Crippen LogP) is 7.61. The molecule has 5 rings (SSSR count). The van der Waals surface area contributed by atoms with E-state index in [-0.39, 0.29) is 23.1 Å². The van der Waals surface area contributed by atoms with E-state index in [1.54, 1.807) is 36.4 Å². The molecule has 1 amide bonds. The van der Waals surface area contributed by atoms with Crippen LogP contribution in [0.1, 0.15) is 72.7 Å². The normalized spacial score (nSPS) is 14.3. The van der Waals surface area contributed by atoms with E-state index in [0.717, 1.165) is 41.4 Å². The Kier molecular flexibility index (Phi) is 9.25. The zero-order valence-electron chi connectivity index (χ0n) is 25.4. The third-order valence-corrected chi connectivity index (χ3v) is 7.89. The maximum atomic E-state index is 13.1. The zero-order valence-corrected chi connectivity index (χ0v) is 25.4. The van der Waals surface area contributed by atoms with Crippen LogP contribution in [0.25, 0.3) is 10.9 Å². The standard InChI is InChI=1S/C35H40FN3O4/c1-24-30(33(40)6-5-21-42-35(2,3)4)15-16-32-31(24)23-39(37-32)22-25-17-19-38(20-18-25)34(41)26-7-11-28(12-8-26)43-29-13-9-27(36)10-14-29/h7-16,23,25H,5-6,17-22H2,1-4H3. The Morgan fingerprint density at radius 3 is 2.26 bits per heavy atom. The number of amides is 1. The monoisotopic (exact) mass is 585 g/mol. The number of ketones is 1. The van der Waals surface area contributed by atoms with E-state index in [0.29, 0.717) is 55.5 Å². The Balaban J connectivity index is 1.13. The number of aryl methyl sites for hydroxylation is 1. The highest BCUT2D eigenvalue weighted by molar-refractivity contribution is 6.01. The fraction of sp³-hybridized carbons (Fsp3) is 0.400. The fourth-order valence-corrected chi connectivity index (χ4v) is 5.49. The highest BCUT2D eigenvalue weighted by atomic mass is 19.1. The maximum Gasteiger partial charge on any atom is 0.253 e. The van der Waals surface area contributed by atoms with Gasteiger partial charge in [-0.1, -0.05) is 0 Å². The molecule has 1 aliphatic heterocycles. The molecule has 0 aliphatic carbocycles. The third-order valence-electron chi connectivity index (χ3n) is 7.89. The first-order valence-corrected chi connectivity index (χ1v) is 15.0. The van der Waals surface area contributed by atoms with Crippen LogP contribution < -0.4 is 4.74 Å². The minimum atomic E-state index is -0.318. The molecule has 4 aromatic rings. The summed E-state index contributed by atoms with van der Waals surface area (Å²) in [6.45, 7) is 10.8. The van der Waals surface area contributed by atoms with E-state index in [2.05, 4.69) is 6.20 Å². The lowest BCUT2D eigenvalue weighted by atomic mass is 9.96. The molecule has 1 aliphatic rings. The average molecular weight is 586 g/mol. The molecule has 226 valence electrons. The fourth-order valence-electron chi connectivity index (χ4n) is 5.49. The number of likely N-dealkylation sites (tertiary alicyclic amines) is 1. The summed E-state index contributed by atoms with van der Waals surface area (Å²) >= 11 is 0. The van der Waals surface area contributed by atoms with Gasteiger partial charge in [-0.2, -0.15) is 5.10 Å². The zero-order chi connectivity index (χ0) is 30.6. The van der Waals surface area contributed by atoms with E-state index in [4.69, 9.17) is 14.6 Å². The van der Waals surface area contributed by atoms with Crippen LogP contribution in [0.3, 0.4) is 0 Å². The van der Waals surface area contributed by atoms with E-state index < -0.39 is 0 Å². The lowest BCUT2D eigenvalue weighted by Crippen LogP contribution is -2.39. The number of Topliss-reactive ketones (excluding diaryl/α,β-unsaturated/α-hetero) is 1. The van der Waals surface area contributed by atoms with Gasteiger partial charge in [-0.25, -0.2) is 4.39 Å². The number of carbonyl (C=O) groups is 2. The highest BCUT2D eigenvalue weighted by Gasteiger charge is 2.25. The van der Waals surface area contributed by atoms with Crippen molar-refractivity contribution in [1.29, 1.82) is 0 Å². The Bertz CT molecular complexity index is 1560. The number of aromatic nitrogens is 2. The minimum Gasteiger partial charge on any atom is -0.457 e. The molecule has 43 heavy (non-hydrogen) atoms. The molecule has 1 aromatic heterocycles. The SMILES string of the molecule is Cc1c(C(=O)CCCOC(C)(C)C)ccc2nn(CC3CCN(C(=O)c4ccc(Oc5ccc(F)cc5)cc4)CC3)cc12. The van der Waals surface area contributed by atoms with Gasteiger partial charge < -0.3 is 14.4 Å². The van der Waals surface area contributed by atoms with Crippen LogP contribution in [-0.4, -0.2) is 51.7 Å². The van der Waals surface area contributed by atoms with Crippen LogP contribution in [0, 0.1) is 18.7 Å². The van der Waals surface area contributed by atoms with Gasteiger partial charge in [0.05, 0.1) is 11.1 Å². The molecule has 0 spiro atoms. The molecule has 1 saturated heterocycles. The molecule has 7 nitrogen and oxygen atoms in total. The van der Waals surface area contributed by atoms with E-state index in [1.165, 1.54) is 12.1 Å². The largest absolute Gasteiger partial charge is 0.457 e. The van der Waals surface area contributed by atoms with Crippen molar-refractivity contribution in [2.45, 2.75) is 65.5 Å². The van der Waals surface area contributed by atoms with Crippen LogP contribution in [0.2, 0.25) is 0 Å². The molecule has 0 unspecified atom stereocenters. The number of halogens is 1. The van der Waals surface area contributed by atoms with Gasteiger partial charge in [0.25, 0.3) is 5.91 Å². The summed E-state index contributed by atoms with van der Waals surface area (Å²) in [6.07, 6.45) is 5.00. The molecule has 0 bridgehead atoms. The van der Waals surface area contributed by atoms with Gasteiger partial charge in [-0.05, 0) is 119 Å². The number of hydrogen-bond donors (Lipinski definition) is 0. The first-order valence-electron chi connectivity index (χ1n) is 15.0. The van der Waals surface area contributed by atoms with Crippen LogP contribution >= 0.6 is 0 Å². The number of nitrogens with zero attached hydrogens (tertiary/aromatic N) is 3. The van der Waals surface area contributed by atoms with Gasteiger partial charge in [-0.3, -0.25) is 14.3 Å². The smallest absolute Gasteiger partial charge is 0.253 e. The van der Waals surface area contributed by atoms with Crippen molar-refractivity contribution in [1.82, 2.24) is 14.7 Å². The van der Waals surface area contributed by atoms with Crippen molar-refractivity contribution in [2.75, 3.05) is 19.7 Å². The summed E-state index contributed by atoms with van der Waals surface area (Å²) in [5.74, 6) is 1.36. The molecular formula is C35H40FN3O4. The number of ether oxygens (including phenoxy) is 2. The van der Waals surface area contributed by atoms with Crippen molar-refractivity contribution >= 4 is 22.6 Å². The topological polar surface area (TPSA) is 73.7 Å². The summed E-state index contributed by atoms with van der Waals surface area (Å²) in [5.41, 5.74) is 3.04. The van der Waals surface area contributed by atoms with E-state index in [9.17, 15) is 14.0 Å². The Hall–Kier alpha value is -4.04. The lowest BCUT2D eigenvalue weighted by molar-refractivity contribution is -0.00430. The summed E-state index contributed by atoms with van der Waals surface area (Å²) in [7, 11) is 0. The van der Waals surface area contributed by atoms with Crippen molar-refractivity contribution in [2.24, 2.45) is 5.92 Å². The van der Waals surface area contributed by atoms with Crippen LogP contribution in [0.15, 0.2) is 66.9 Å². The molecule has 8 heteroatoms. The second kappa shape index (κ2) is 13.1. The first-order chi connectivity index (χ1) is 20.6. The molecule has 1 fully saturated rings. The number of piperidine rings is 1. The van der Waals surface area contributed by atoms with Crippen LogP contribution in [-0.2, 0) is 11.3 Å². The number of carbonyl (C=O) groups excluding carboxylic acids is 2. The van der Waals surface area contributed by atoms with E-state index >= 15 is 0 Å². The molecule has 0 saturated carbocycles. The Morgan fingerprint density at radius 2 is 1.60 bits per heavy atom. The summed E-state index contributed by atoms with van der Waals surface area (Å²) < 4.78 is 26.6. The van der Waals surface area contributed by atoms with Gasteiger partial charge in [0.15, 0.2) is 5.78 Å². The molecule has 2 heterocycles. The average Bonchev–Trinajstić information content (AvgIpc) is 3.40. The van der Waals surface area contributed by atoms with Crippen molar-refractivity contribution in [3.05, 3.63) is 89.4 Å². The first kappa shape index (κ1) is 30.4. The molecule has 0 N–H and O–H groups in total. The predicted molar refractivity (Wildman–Crippen MR) is 165 cm³/mol. The molecule has 3 aromatic carbocycles. The molecular weight excluding hydrogens is 545 g/mol. The number of fused-ring (bicyclic) bond motifs is 1. The molecule has 0 atom stereocenters. The van der Waals surface area contributed by atoms with Gasteiger partial charge in [0.1, 0.15) is 17.3 Å². The number of rotatable bonds is 10. The minimum absolute atomic E-state index is 0.00870. The van der Waals surface area contributed by atoms with Crippen molar-refractivity contribution < 1.29 is 23.5 Å². The van der Waals surface area contributed by atoms with Gasteiger partial charge in [0, 0.05) is 55.4 Å². The van der Waals surface area contributed by atoms with Crippen LogP contribution in [0.4, 0.5) is 4.39 Å². The van der Waals surface area contributed by atoms with Gasteiger partial charge in [-0.15, -0.1) is 0 Å². The number of benzene rings is 3. The van der Waals surface area contributed by atoms with Crippen molar-refractivity contribution in [3.8, 4) is 11.5 Å². The molecule has 0 radical (unpaired) electrons. The number of hydrogen-bond acceptors (Lipinski definition) is 5. The van der Waals surface area contributed by atoms with E-state index in [1.807, 2.05) is 49.4 Å². The summed E-state index contributed by atoms with van der Waals surface area (Å²) in [5, 5.41) is 5.80. The van der Waals surface area contributed by atoms with Gasteiger partial charge in [0.2, 0.25) is 0 Å². The summed E-state index contributed by atoms with van der Waals surface area (Å²) in [6, 6.07) is 16.7.